The number of benzene rings is 9. The van der Waals surface area contributed by atoms with E-state index in [1.54, 1.807) is 0 Å². The second-order valence-corrected chi connectivity index (χ2v) is 14.1. The highest BCUT2D eigenvalue weighted by atomic mass is 16.3. The number of para-hydroxylation sites is 3. The Morgan fingerprint density at radius 1 is 0.309 bits per heavy atom. The van der Waals surface area contributed by atoms with Crippen LogP contribution >= 0.6 is 0 Å². The van der Waals surface area contributed by atoms with Crippen LogP contribution in [0.1, 0.15) is 0 Å². The fraction of sp³-hybridized carbons (Fsp3) is 0. The van der Waals surface area contributed by atoms with Crippen LogP contribution in [0.4, 0.5) is 17.1 Å². The predicted molar refractivity (Wildman–Crippen MR) is 229 cm³/mol. The molecule has 0 saturated heterocycles. The van der Waals surface area contributed by atoms with E-state index in [0.29, 0.717) is 0 Å². The predicted octanol–water partition coefficient (Wildman–Crippen LogP) is 15.1. The summed E-state index contributed by atoms with van der Waals surface area (Å²) in [5, 5.41) is 7.00. The van der Waals surface area contributed by atoms with Crippen molar-refractivity contribution in [2.24, 2.45) is 0 Å². The fourth-order valence-electron chi connectivity index (χ4n) is 8.31. The first kappa shape index (κ1) is 31.2. The summed E-state index contributed by atoms with van der Waals surface area (Å²) in [6.45, 7) is 0. The number of furan rings is 2. The summed E-state index contributed by atoms with van der Waals surface area (Å²) in [5.41, 5.74) is 13.6. The summed E-state index contributed by atoms with van der Waals surface area (Å²) >= 11 is 0. The molecule has 0 spiro atoms. The maximum absolute atomic E-state index is 6.48. The number of anilines is 3. The first-order valence-electron chi connectivity index (χ1n) is 18.7. The molecule has 0 bridgehead atoms. The van der Waals surface area contributed by atoms with E-state index in [9.17, 15) is 0 Å². The molecular weight excluding hydrogens is 671 g/mol. The molecule has 11 aromatic rings. The Balaban J connectivity index is 1.05. The lowest BCUT2D eigenvalue weighted by Crippen LogP contribution is -2.10. The Morgan fingerprint density at radius 3 is 1.65 bits per heavy atom. The molecule has 11 rings (SSSR count). The van der Waals surface area contributed by atoms with E-state index in [4.69, 9.17) is 8.83 Å². The summed E-state index contributed by atoms with van der Waals surface area (Å²) < 4.78 is 12.7. The molecule has 3 heteroatoms. The first-order chi connectivity index (χ1) is 27.3. The number of rotatable bonds is 6. The maximum atomic E-state index is 6.48. The van der Waals surface area contributed by atoms with Gasteiger partial charge in [-0.3, -0.25) is 0 Å². The molecule has 9 aromatic carbocycles. The molecule has 0 N–H and O–H groups in total. The van der Waals surface area contributed by atoms with Crippen LogP contribution in [0.5, 0.6) is 0 Å². The Kier molecular flexibility index (Phi) is 7.17. The molecule has 0 aliphatic carbocycles. The maximum Gasteiger partial charge on any atom is 0.143 e. The normalized spacial score (nSPS) is 11.6. The zero-order valence-electron chi connectivity index (χ0n) is 29.8. The molecule has 0 unspecified atom stereocenters. The second-order valence-electron chi connectivity index (χ2n) is 14.1. The van der Waals surface area contributed by atoms with Crippen molar-refractivity contribution in [3.05, 3.63) is 200 Å². The standard InChI is InChI=1S/C52H33NO2/c1-2-15-41-34(11-1)12-8-18-42(41)35-25-29-38(30-26-35)53(39-31-27-36(28-32-39)43-19-10-24-50-51(43)47-17-4-6-23-49(47)54-50)40-14-7-13-37(33-40)44-20-9-21-46-45-16-3-5-22-48(45)55-52(44)46/h1-33H. The van der Waals surface area contributed by atoms with Crippen molar-refractivity contribution >= 4 is 71.7 Å². The highest BCUT2D eigenvalue weighted by molar-refractivity contribution is 6.13. The van der Waals surface area contributed by atoms with E-state index in [0.717, 1.165) is 83.2 Å². The molecule has 258 valence electrons. The third-order valence-electron chi connectivity index (χ3n) is 10.9. The third kappa shape index (κ3) is 5.20. The summed E-state index contributed by atoms with van der Waals surface area (Å²) in [6.07, 6.45) is 0. The SMILES string of the molecule is c1cc(-c2cccc3c2oc2ccccc23)cc(N(c2ccc(-c3cccc4ccccc34)cc2)c2ccc(-c3cccc4oc5ccccc5c34)cc2)c1. The molecule has 3 nitrogen and oxygen atoms in total. The molecule has 55 heavy (non-hydrogen) atoms. The van der Waals surface area contributed by atoms with E-state index in [-0.39, 0.29) is 0 Å². The number of nitrogens with zero attached hydrogens (tertiary/aromatic N) is 1. The number of fused-ring (bicyclic) bond motifs is 7. The number of hydrogen-bond donors (Lipinski definition) is 0. The average molecular weight is 704 g/mol. The minimum absolute atomic E-state index is 0.895. The minimum atomic E-state index is 0.895. The van der Waals surface area contributed by atoms with E-state index >= 15 is 0 Å². The highest BCUT2D eigenvalue weighted by Crippen LogP contribution is 2.42. The monoisotopic (exact) mass is 703 g/mol. The van der Waals surface area contributed by atoms with Crippen molar-refractivity contribution in [1.82, 2.24) is 0 Å². The van der Waals surface area contributed by atoms with Crippen molar-refractivity contribution < 1.29 is 8.83 Å². The lowest BCUT2D eigenvalue weighted by Gasteiger charge is -2.26. The molecule has 2 heterocycles. The largest absolute Gasteiger partial charge is 0.456 e. The quantitative estimate of drug-likeness (QED) is 0.173. The first-order valence-corrected chi connectivity index (χ1v) is 18.7. The van der Waals surface area contributed by atoms with Gasteiger partial charge in [0.2, 0.25) is 0 Å². The molecule has 0 aliphatic heterocycles. The molecule has 0 fully saturated rings. The summed E-state index contributed by atoms with van der Waals surface area (Å²) in [7, 11) is 0. The smallest absolute Gasteiger partial charge is 0.143 e. The van der Waals surface area contributed by atoms with Gasteiger partial charge in [0.05, 0.1) is 0 Å². The van der Waals surface area contributed by atoms with Crippen molar-refractivity contribution in [3.63, 3.8) is 0 Å². The van der Waals surface area contributed by atoms with Gasteiger partial charge in [-0.25, -0.2) is 0 Å². The van der Waals surface area contributed by atoms with Gasteiger partial charge in [0.1, 0.15) is 22.3 Å². The van der Waals surface area contributed by atoms with Crippen LogP contribution in [-0.4, -0.2) is 0 Å². The van der Waals surface area contributed by atoms with Crippen LogP contribution in [-0.2, 0) is 0 Å². The van der Waals surface area contributed by atoms with E-state index in [1.165, 1.54) is 21.9 Å². The third-order valence-corrected chi connectivity index (χ3v) is 10.9. The number of hydrogen-bond acceptors (Lipinski definition) is 3. The molecule has 0 saturated carbocycles. The fourth-order valence-corrected chi connectivity index (χ4v) is 8.31. The van der Waals surface area contributed by atoms with Crippen molar-refractivity contribution in [1.29, 1.82) is 0 Å². The molecule has 0 radical (unpaired) electrons. The van der Waals surface area contributed by atoms with Crippen LogP contribution < -0.4 is 4.90 Å². The molecule has 0 amide bonds. The Morgan fingerprint density at radius 2 is 0.855 bits per heavy atom. The lowest BCUT2D eigenvalue weighted by atomic mass is 9.97. The zero-order chi connectivity index (χ0) is 36.3. The molecular formula is C52H33NO2. The van der Waals surface area contributed by atoms with Gasteiger partial charge in [0.25, 0.3) is 0 Å². The van der Waals surface area contributed by atoms with E-state index in [2.05, 4.69) is 181 Å². The highest BCUT2D eigenvalue weighted by Gasteiger charge is 2.18. The van der Waals surface area contributed by atoms with Gasteiger partial charge in [-0.15, -0.1) is 0 Å². The second kappa shape index (κ2) is 12.6. The van der Waals surface area contributed by atoms with Crippen molar-refractivity contribution in [2.45, 2.75) is 0 Å². The topological polar surface area (TPSA) is 29.5 Å². The Labute approximate surface area is 317 Å². The zero-order valence-corrected chi connectivity index (χ0v) is 29.8. The van der Waals surface area contributed by atoms with Crippen molar-refractivity contribution in [2.75, 3.05) is 4.90 Å². The molecule has 2 aromatic heterocycles. The van der Waals surface area contributed by atoms with E-state index in [1.807, 2.05) is 24.3 Å². The van der Waals surface area contributed by atoms with Crippen LogP contribution in [0.3, 0.4) is 0 Å². The van der Waals surface area contributed by atoms with Crippen molar-refractivity contribution in [3.8, 4) is 33.4 Å². The summed E-state index contributed by atoms with van der Waals surface area (Å²) in [6, 6.07) is 71.0. The van der Waals surface area contributed by atoms with Gasteiger partial charge in [0, 0.05) is 44.2 Å². The van der Waals surface area contributed by atoms with Gasteiger partial charge in [0.15, 0.2) is 0 Å². The Hall–Kier alpha value is -7.36. The van der Waals surface area contributed by atoms with Gasteiger partial charge in [-0.1, -0.05) is 146 Å². The van der Waals surface area contributed by atoms with Crippen LogP contribution in [0.15, 0.2) is 209 Å². The van der Waals surface area contributed by atoms with Crippen LogP contribution in [0.25, 0.3) is 88.0 Å². The van der Waals surface area contributed by atoms with Gasteiger partial charge < -0.3 is 13.7 Å². The molecule has 0 aliphatic rings. The summed E-state index contributed by atoms with van der Waals surface area (Å²) in [4.78, 5) is 2.34. The van der Waals surface area contributed by atoms with Gasteiger partial charge in [-0.2, -0.15) is 0 Å². The average Bonchev–Trinajstić information content (AvgIpc) is 3.83. The summed E-state index contributed by atoms with van der Waals surface area (Å²) in [5.74, 6) is 0. The van der Waals surface area contributed by atoms with Gasteiger partial charge in [-0.05, 0) is 93.2 Å². The lowest BCUT2D eigenvalue weighted by molar-refractivity contribution is 0.669. The van der Waals surface area contributed by atoms with Gasteiger partial charge >= 0.3 is 0 Å². The minimum Gasteiger partial charge on any atom is -0.456 e. The van der Waals surface area contributed by atoms with E-state index < -0.39 is 0 Å². The Bertz CT molecular complexity index is 3200. The molecule has 0 atom stereocenters. The van der Waals surface area contributed by atoms with Crippen LogP contribution in [0.2, 0.25) is 0 Å². The van der Waals surface area contributed by atoms with Crippen LogP contribution in [0, 0.1) is 0 Å².